The van der Waals surface area contributed by atoms with E-state index in [2.05, 4.69) is 21.3 Å². The molecule has 0 bridgehead atoms. The number of hydrogen-bond donors (Lipinski definition) is 5. The molecule has 0 unspecified atom stereocenters. The minimum Gasteiger partial charge on any atom is -0.480 e. The SMILES string of the molecule is O=C(O)CNC(=O)CNC(=O)NC1CCNCC1. The summed E-state index contributed by atoms with van der Waals surface area (Å²) in [5, 5.41) is 18.8. The van der Waals surface area contributed by atoms with Crippen molar-refractivity contribution in [3.05, 3.63) is 0 Å². The topological polar surface area (TPSA) is 120 Å². The van der Waals surface area contributed by atoms with Crippen molar-refractivity contribution in [3.63, 3.8) is 0 Å². The van der Waals surface area contributed by atoms with Crippen LogP contribution in [-0.4, -0.2) is 55.2 Å². The highest BCUT2D eigenvalue weighted by atomic mass is 16.4. The van der Waals surface area contributed by atoms with Crippen LogP contribution in [-0.2, 0) is 9.59 Å². The monoisotopic (exact) mass is 258 g/mol. The molecule has 0 aromatic heterocycles. The van der Waals surface area contributed by atoms with Crippen molar-refractivity contribution in [2.45, 2.75) is 18.9 Å². The lowest BCUT2D eigenvalue weighted by Crippen LogP contribution is -2.49. The molecule has 0 atom stereocenters. The molecule has 0 aromatic carbocycles. The highest BCUT2D eigenvalue weighted by Gasteiger charge is 2.15. The molecular weight excluding hydrogens is 240 g/mol. The van der Waals surface area contributed by atoms with Crippen LogP contribution in [0.1, 0.15) is 12.8 Å². The Morgan fingerprint density at radius 2 is 1.78 bits per heavy atom. The van der Waals surface area contributed by atoms with E-state index in [4.69, 9.17) is 5.11 Å². The molecular formula is C10H18N4O4. The summed E-state index contributed by atoms with van der Waals surface area (Å²) in [6.07, 6.45) is 1.72. The van der Waals surface area contributed by atoms with Crippen molar-refractivity contribution in [1.29, 1.82) is 0 Å². The highest BCUT2D eigenvalue weighted by Crippen LogP contribution is 2.00. The van der Waals surface area contributed by atoms with Gasteiger partial charge >= 0.3 is 12.0 Å². The Kier molecular flexibility index (Phi) is 5.92. The third-order valence-corrected chi connectivity index (χ3v) is 2.52. The molecule has 18 heavy (non-hydrogen) atoms. The van der Waals surface area contributed by atoms with E-state index in [-0.39, 0.29) is 12.6 Å². The number of rotatable bonds is 5. The van der Waals surface area contributed by atoms with Gasteiger partial charge in [0.05, 0.1) is 6.54 Å². The van der Waals surface area contributed by atoms with Gasteiger partial charge in [0.2, 0.25) is 5.91 Å². The first-order chi connectivity index (χ1) is 8.58. The second-order valence-corrected chi connectivity index (χ2v) is 4.02. The molecule has 0 radical (unpaired) electrons. The summed E-state index contributed by atoms with van der Waals surface area (Å²) in [7, 11) is 0. The van der Waals surface area contributed by atoms with Gasteiger partial charge in [-0.2, -0.15) is 0 Å². The van der Waals surface area contributed by atoms with Gasteiger partial charge in [0.15, 0.2) is 0 Å². The molecule has 0 aromatic rings. The van der Waals surface area contributed by atoms with E-state index < -0.39 is 24.5 Å². The zero-order valence-corrected chi connectivity index (χ0v) is 9.99. The zero-order valence-electron chi connectivity index (χ0n) is 9.99. The highest BCUT2D eigenvalue weighted by molar-refractivity contribution is 5.86. The Balaban J connectivity index is 2.12. The number of hydrogen-bond acceptors (Lipinski definition) is 4. The lowest BCUT2D eigenvalue weighted by atomic mass is 10.1. The van der Waals surface area contributed by atoms with Crippen molar-refractivity contribution in [1.82, 2.24) is 21.3 Å². The molecule has 1 fully saturated rings. The maximum atomic E-state index is 11.4. The first-order valence-corrected chi connectivity index (χ1v) is 5.81. The molecule has 1 rings (SSSR count). The molecule has 1 aliphatic heterocycles. The summed E-state index contributed by atoms with van der Waals surface area (Å²) >= 11 is 0. The van der Waals surface area contributed by atoms with Crippen LogP contribution in [0.2, 0.25) is 0 Å². The average molecular weight is 258 g/mol. The first-order valence-electron chi connectivity index (χ1n) is 5.81. The van der Waals surface area contributed by atoms with Crippen LogP contribution in [0, 0.1) is 0 Å². The Morgan fingerprint density at radius 1 is 1.11 bits per heavy atom. The van der Waals surface area contributed by atoms with Crippen molar-refractivity contribution < 1.29 is 19.5 Å². The van der Waals surface area contributed by atoms with Crippen LogP contribution in [0.5, 0.6) is 0 Å². The number of piperidine rings is 1. The van der Waals surface area contributed by atoms with E-state index >= 15 is 0 Å². The number of carbonyl (C=O) groups excluding carboxylic acids is 2. The van der Waals surface area contributed by atoms with Crippen molar-refractivity contribution in [3.8, 4) is 0 Å². The number of carboxylic acid groups (broad SMARTS) is 1. The Hall–Kier alpha value is -1.83. The fourth-order valence-electron chi connectivity index (χ4n) is 1.60. The van der Waals surface area contributed by atoms with Gasteiger partial charge in [-0.05, 0) is 25.9 Å². The molecule has 1 heterocycles. The van der Waals surface area contributed by atoms with Gasteiger partial charge in [0.1, 0.15) is 6.54 Å². The largest absolute Gasteiger partial charge is 0.480 e. The second-order valence-electron chi connectivity index (χ2n) is 4.02. The zero-order chi connectivity index (χ0) is 13.4. The number of carbonyl (C=O) groups is 3. The molecule has 102 valence electrons. The fourth-order valence-corrected chi connectivity index (χ4v) is 1.60. The lowest BCUT2D eigenvalue weighted by Gasteiger charge is -2.23. The van der Waals surface area contributed by atoms with Gasteiger partial charge in [-0.25, -0.2) is 4.79 Å². The van der Waals surface area contributed by atoms with Gasteiger partial charge in [0.25, 0.3) is 0 Å². The molecule has 5 N–H and O–H groups in total. The minimum absolute atomic E-state index is 0.119. The predicted octanol–water partition coefficient (Wildman–Crippen LogP) is -1.76. The number of urea groups is 1. The maximum Gasteiger partial charge on any atom is 0.322 e. The van der Waals surface area contributed by atoms with Crippen LogP contribution in [0.25, 0.3) is 0 Å². The molecule has 1 aliphatic rings. The predicted molar refractivity (Wildman–Crippen MR) is 63.1 cm³/mol. The van der Waals surface area contributed by atoms with E-state index in [0.717, 1.165) is 25.9 Å². The third kappa shape index (κ3) is 6.04. The number of nitrogens with one attached hydrogen (secondary N) is 4. The average Bonchev–Trinajstić information content (AvgIpc) is 2.35. The molecule has 0 saturated carbocycles. The van der Waals surface area contributed by atoms with Crippen molar-refractivity contribution in [2.24, 2.45) is 0 Å². The van der Waals surface area contributed by atoms with E-state index in [1.165, 1.54) is 0 Å². The van der Waals surface area contributed by atoms with Crippen LogP contribution in [0.15, 0.2) is 0 Å². The summed E-state index contributed by atoms with van der Waals surface area (Å²) < 4.78 is 0. The smallest absolute Gasteiger partial charge is 0.322 e. The van der Waals surface area contributed by atoms with E-state index in [1.54, 1.807) is 0 Å². The number of amides is 3. The maximum absolute atomic E-state index is 11.4. The van der Waals surface area contributed by atoms with Gasteiger partial charge in [-0.1, -0.05) is 0 Å². The van der Waals surface area contributed by atoms with Crippen molar-refractivity contribution in [2.75, 3.05) is 26.2 Å². The normalized spacial score (nSPS) is 15.8. The van der Waals surface area contributed by atoms with E-state index in [1.807, 2.05) is 0 Å². The molecule has 0 aliphatic carbocycles. The van der Waals surface area contributed by atoms with Gasteiger partial charge in [-0.3, -0.25) is 9.59 Å². The standard InChI is InChI=1S/C10H18N4O4/c15-8(12-6-9(16)17)5-13-10(18)14-7-1-3-11-4-2-7/h7,11H,1-6H2,(H,12,15)(H,16,17)(H2,13,14,18). The molecule has 1 saturated heterocycles. The summed E-state index contributed by atoms with van der Waals surface area (Å²) in [5.74, 6) is -1.65. The number of aliphatic carboxylic acids is 1. The molecule has 0 spiro atoms. The Labute approximate surface area is 104 Å². The molecule has 8 nitrogen and oxygen atoms in total. The number of carboxylic acids is 1. The summed E-state index contributed by atoms with van der Waals surface area (Å²) in [4.78, 5) is 32.7. The summed E-state index contributed by atoms with van der Waals surface area (Å²) in [5.41, 5.74) is 0. The van der Waals surface area contributed by atoms with Crippen LogP contribution < -0.4 is 21.3 Å². The van der Waals surface area contributed by atoms with E-state index in [9.17, 15) is 14.4 Å². The van der Waals surface area contributed by atoms with Crippen LogP contribution in [0.3, 0.4) is 0 Å². The summed E-state index contributed by atoms with van der Waals surface area (Å²) in [6, 6.07) is -0.291. The second kappa shape index (κ2) is 7.49. The summed E-state index contributed by atoms with van der Waals surface area (Å²) in [6.45, 7) is 1.05. The van der Waals surface area contributed by atoms with Gasteiger partial charge in [0, 0.05) is 6.04 Å². The molecule has 8 heteroatoms. The Bertz CT molecular complexity index is 315. The first kappa shape index (κ1) is 14.2. The van der Waals surface area contributed by atoms with Gasteiger partial charge in [-0.15, -0.1) is 0 Å². The molecule has 3 amide bonds. The Morgan fingerprint density at radius 3 is 2.39 bits per heavy atom. The quantitative estimate of drug-likeness (QED) is 0.400. The van der Waals surface area contributed by atoms with Crippen molar-refractivity contribution >= 4 is 17.9 Å². The third-order valence-electron chi connectivity index (χ3n) is 2.52. The van der Waals surface area contributed by atoms with Crippen LogP contribution in [0.4, 0.5) is 4.79 Å². The van der Waals surface area contributed by atoms with Crippen LogP contribution >= 0.6 is 0 Å². The fraction of sp³-hybridized carbons (Fsp3) is 0.700. The van der Waals surface area contributed by atoms with E-state index in [0.29, 0.717) is 0 Å². The minimum atomic E-state index is -1.12. The lowest BCUT2D eigenvalue weighted by molar-refractivity contribution is -0.137. The van der Waals surface area contributed by atoms with Gasteiger partial charge < -0.3 is 26.4 Å².